The Bertz CT molecular complexity index is 196. The van der Waals surface area contributed by atoms with Gasteiger partial charge in [-0.15, -0.1) is 12.1 Å². The van der Waals surface area contributed by atoms with Crippen LogP contribution in [0, 0.1) is 0 Å². The number of carbonyl (C=O) groups is 2. The molecule has 1 fully saturated rings. The van der Waals surface area contributed by atoms with Gasteiger partial charge in [-0.3, -0.25) is 9.59 Å². The zero-order chi connectivity index (χ0) is 11.8. The van der Waals surface area contributed by atoms with E-state index in [9.17, 15) is 9.59 Å². The summed E-state index contributed by atoms with van der Waals surface area (Å²) in [4.78, 5) is 18.9. The maximum atomic E-state index is 9.43. The van der Waals surface area contributed by atoms with Gasteiger partial charge in [0.05, 0.1) is 0 Å². The molecule has 0 aromatic heterocycles. The predicted molar refractivity (Wildman–Crippen MR) is 54.6 cm³/mol. The molecule has 0 aliphatic heterocycles. The van der Waals surface area contributed by atoms with E-state index in [1.807, 2.05) is 0 Å². The Hall–Kier alpha value is -0.452. The minimum absolute atomic E-state index is 0. The average Bonchev–Trinajstić information content (AvgIpc) is 2.09. The fourth-order valence-electron chi connectivity index (χ4n) is 1.22. The Balaban J connectivity index is 0. The van der Waals surface area contributed by atoms with Gasteiger partial charge >= 0.3 is 33.0 Å². The smallest absolute Gasteiger partial charge is 0.675 e. The molecule has 0 unspecified atom stereocenters. The Morgan fingerprint density at radius 3 is 1.31 bits per heavy atom. The molecule has 0 aromatic carbocycles. The van der Waals surface area contributed by atoms with Gasteiger partial charge in [0, 0.05) is 0 Å². The van der Waals surface area contributed by atoms with Crippen LogP contribution in [0.1, 0.15) is 32.1 Å². The topological polar surface area (TPSA) is 122 Å². The molecular weight excluding hydrogens is 395 g/mol. The zero-order valence-electron chi connectivity index (χ0n) is 8.72. The molecule has 0 spiro atoms. The van der Waals surface area contributed by atoms with Gasteiger partial charge in [0.15, 0.2) is 0 Å². The Morgan fingerprint density at radius 2 is 1.19 bits per heavy atom. The molecule has 1 rings (SSSR count). The molecule has 6 nitrogen and oxygen atoms in total. The number of rotatable bonds is 2. The summed E-state index contributed by atoms with van der Waals surface area (Å²) in [6.45, 7) is 0. The first-order valence-corrected chi connectivity index (χ1v) is 4.77. The van der Waals surface area contributed by atoms with E-state index in [0.717, 1.165) is 25.7 Å². The summed E-state index contributed by atoms with van der Waals surface area (Å²) in [7, 11) is 0. The molecule has 4 N–H and O–H groups in total. The van der Waals surface area contributed by atoms with Gasteiger partial charge in [-0.1, -0.05) is 25.7 Å². The SMILES string of the molecule is O=C(O)CC(=O)O.[NH-]C1CCC([NH-])CC1.[Pt+2]. The van der Waals surface area contributed by atoms with Crippen LogP contribution in [-0.2, 0) is 30.7 Å². The van der Waals surface area contributed by atoms with Crippen LogP contribution in [0.15, 0.2) is 0 Å². The fraction of sp³-hybridized carbons (Fsp3) is 0.778. The molecule has 1 saturated carbocycles. The van der Waals surface area contributed by atoms with E-state index >= 15 is 0 Å². The van der Waals surface area contributed by atoms with Crippen LogP contribution in [0.25, 0.3) is 11.5 Å². The predicted octanol–water partition coefficient (Wildman–Crippen LogP) is 1.95. The van der Waals surface area contributed by atoms with E-state index in [4.69, 9.17) is 21.7 Å². The van der Waals surface area contributed by atoms with Crippen molar-refractivity contribution in [1.82, 2.24) is 0 Å². The molecule has 1 aliphatic carbocycles. The summed E-state index contributed by atoms with van der Waals surface area (Å²) >= 11 is 0. The summed E-state index contributed by atoms with van der Waals surface area (Å²) in [5.74, 6) is -2.62. The normalized spacial score (nSPS) is 23.4. The van der Waals surface area contributed by atoms with Crippen molar-refractivity contribution in [2.45, 2.75) is 44.2 Å². The molecule has 16 heavy (non-hydrogen) atoms. The van der Waals surface area contributed by atoms with Gasteiger partial charge in [-0.2, -0.15) is 0 Å². The molecule has 96 valence electrons. The Morgan fingerprint density at radius 1 is 0.938 bits per heavy atom. The third-order valence-electron chi connectivity index (χ3n) is 2.03. The van der Waals surface area contributed by atoms with E-state index in [-0.39, 0.29) is 33.1 Å². The molecular formula is C9H16N2O4Pt. The van der Waals surface area contributed by atoms with Crippen molar-refractivity contribution in [2.75, 3.05) is 0 Å². The summed E-state index contributed by atoms with van der Waals surface area (Å²) < 4.78 is 0. The first-order valence-electron chi connectivity index (χ1n) is 4.77. The van der Waals surface area contributed by atoms with Gasteiger partial charge < -0.3 is 21.7 Å². The van der Waals surface area contributed by atoms with Gasteiger partial charge in [0.25, 0.3) is 0 Å². The van der Waals surface area contributed by atoms with Gasteiger partial charge in [0.1, 0.15) is 6.42 Å². The maximum Gasteiger partial charge on any atom is 2.00 e. The van der Waals surface area contributed by atoms with Crippen LogP contribution in [0.5, 0.6) is 0 Å². The minimum Gasteiger partial charge on any atom is -0.675 e. The quantitative estimate of drug-likeness (QED) is 0.675. The summed E-state index contributed by atoms with van der Waals surface area (Å²) in [5, 5.41) is 15.4. The van der Waals surface area contributed by atoms with Crippen molar-refractivity contribution in [3.8, 4) is 0 Å². The molecule has 0 radical (unpaired) electrons. The van der Waals surface area contributed by atoms with Crippen LogP contribution in [-0.4, -0.2) is 34.2 Å². The second-order valence-electron chi connectivity index (χ2n) is 3.51. The Labute approximate surface area is 109 Å². The van der Waals surface area contributed by atoms with Crippen LogP contribution >= 0.6 is 0 Å². The number of carboxylic acid groups (broad SMARTS) is 2. The third kappa shape index (κ3) is 11.6. The van der Waals surface area contributed by atoms with Crippen molar-refractivity contribution in [3.63, 3.8) is 0 Å². The van der Waals surface area contributed by atoms with Crippen LogP contribution in [0.2, 0.25) is 0 Å². The zero-order valence-corrected chi connectivity index (χ0v) is 11.0. The number of nitrogens with one attached hydrogen (secondary N) is 2. The monoisotopic (exact) mass is 411 g/mol. The third-order valence-corrected chi connectivity index (χ3v) is 2.03. The second-order valence-corrected chi connectivity index (χ2v) is 3.51. The van der Waals surface area contributed by atoms with Crippen LogP contribution in [0.3, 0.4) is 0 Å². The number of hydrogen-bond donors (Lipinski definition) is 2. The summed E-state index contributed by atoms with van der Waals surface area (Å²) in [5.41, 5.74) is 14.6. The largest absolute Gasteiger partial charge is 2.00 e. The van der Waals surface area contributed by atoms with E-state index in [2.05, 4.69) is 0 Å². The number of carboxylic acids is 2. The first-order chi connectivity index (χ1) is 6.91. The number of aliphatic carboxylic acids is 2. The molecule has 7 heteroatoms. The number of hydrogen-bond acceptors (Lipinski definition) is 2. The van der Waals surface area contributed by atoms with Crippen molar-refractivity contribution >= 4 is 11.9 Å². The van der Waals surface area contributed by atoms with Crippen LogP contribution < -0.4 is 0 Å². The average molecular weight is 411 g/mol. The van der Waals surface area contributed by atoms with E-state index in [1.165, 1.54) is 0 Å². The molecule has 0 aromatic rings. The van der Waals surface area contributed by atoms with Gasteiger partial charge in [-0.05, 0) is 0 Å². The summed E-state index contributed by atoms with van der Waals surface area (Å²) in [6.07, 6.45) is 3.00. The molecule has 0 bridgehead atoms. The molecule has 0 atom stereocenters. The summed E-state index contributed by atoms with van der Waals surface area (Å²) in [6, 6.07) is 0.299. The van der Waals surface area contributed by atoms with Gasteiger partial charge in [0.2, 0.25) is 0 Å². The molecule has 1 aliphatic rings. The second kappa shape index (κ2) is 9.75. The van der Waals surface area contributed by atoms with E-state index in [1.54, 1.807) is 0 Å². The van der Waals surface area contributed by atoms with Gasteiger partial charge in [-0.25, -0.2) is 0 Å². The maximum absolute atomic E-state index is 9.43. The van der Waals surface area contributed by atoms with Crippen molar-refractivity contribution in [2.24, 2.45) is 0 Å². The van der Waals surface area contributed by atoms with Crippen molar-refractivity contribution < 1.29 is 40.9 Å². The Kier molecular flexibility index (Phi) is 10.9. The molecule has 0 heterocycles. The van der Waals surface area contributed by atoms with Crippen molar-refractivity contribution in [1.29, 1.82) is 0 Å². The molecule has 0 saturated heterocycles. The van der Waals surface area contributed by atoms with Crippen LogP contribution in [0.4, 0.5) is 0 Å². The standard InChI is InChI=1S/C6H12N2.C3H4O4.Pt/c7-5-1-2-6(8)4-3-5;4-2(5)1-3(6)7;/h5-8H,1-4H2;1H2,(H,4,5)(H,6,7);/q-2;;+2. The van der Waals surface area contributed by atoms with E-state index in [0.29, 0.717) is 0 Å². The van der Waals surface area contributed by atoms with E-state index < -0.39 is 18.4 Å². The van der Waals surface area contributed by atoms with Crippen molar-refractivity contribution in [3.05, 3.63) is 11.5 Å². The first kappa shape index (κ1) is 17.9. The molecule has 0 amide bonds. The minimum atomic E-state index is -1.31. The fourth-order valence-corrected chi connectivity index (χ4v) is 1.22.